The third kappa shape index (κ3) is 4.60. The lowest BCUT2D eigenvalue weighted by molar-refractivity contribution is 0.395. The van der Waals surface area contributed by atoms with Crippen molar-refractivity contribution >= 4 is 11.8 Å². The molecule has 0 bridgehead atoms. The Morgan fingerprint density at radius 3 is 2.64 bits per heavy atom. The summed E-state index contributed by atoms with van der Waals surface area (Å²) in [5.41, 5.74) is 1.14. The number of thioether (sulfide) groups is 1. The molecule has 0 atom stereocenters. The molecule has 1 rings (SSSR count). The quantitative estimate of drug-likeness (QED) is 0.780. The van der Waals surface area contributed by atoms with Crippen molar-refractivity contribution in [2.24, 2.45) is 0 Å². The molecule has 1 aromatic rings. The zero-order chi connectivity index (χ0) is 9.68. The number of pyridine rings is 1. The van der Waals surface area contributed by atoms with Crippen LogP contribution in [0.3, 0.4) is 0 Å². The third-order valence-electron chi connectivity index (χ3n) is 1.55. The van der Waals surface area contributed by atoms with Crippen LogP contribution in [-0.4, -0.2) is 29.7 Å². The largest absolute Gasteiger partial charge is 0.344 e. The van der Waals surface area contributed by atoms with E-state index in [1.54, 1.807) is 11.8 Å². The van der Waals surface area contributed by atoms with E-state index in [9.17, 15) is 0 Å². The number of aromatic nitrogens is 1. The lowest BCUT2D eigenvalue weighted by atomic mass is 10.3. The van der Waals surface area contributed by atoms with Crippen molar-refractivity contribution in [1.29, 1.82) is 0 Å². The van der Waals surface area contributed by atoms with Crippen molar-refractivity contribution in [3.8, 4) is 0 Å². The molecule has 0 aliphatic rings. The smallest absolute Gasteiger partial charge is 0.0963 e. The van der Waals surface area contributed by atoms with E-state index in [1.165, 1.54) is 0 Å². The number of nitrogens with zero attached hydrogens (tertiary/aromatic N) is 2. The van der Waals surface area contributed by atoms with Crippen LogP contribution in [0.4, 0.5) is 0 Å². The summed E-state index contributed by atoms with van der Waals surface area (Å²) in [6.45, 7) is 3.06. The molecule has 3 nitrogen and oxygen atoms in total. The first-order chi connectivity index (χ1) is 6.22. The lowest BCUT2D eigenvalue weighted by Gasteiger charge is -2.09. The van der Waals surface area contributed by atoms with E-state index in [1.807, 2.05) is 0 Å². The van der Waals surface area contributed by atoms with Crippen LogP contribution in [0.5, 0.6) is 0 Å². The summed E-state index contributed by atoms with van der Waals surface area (Å²) in [4.78, 5) is 6.65. The number of hydrogen-bond donors (Lipinski definition) is 1. The zero-order valence-electron chi connectivity index (χ0n) is 9.16. The summed E-state index contributed by atoms with van der Waals surface area (Å²) in [7, 11) is 4.11. The first-order valence-electron chi connectivity index (χ1n) is 4.46. The van der Waals surface area contributed by atoms with Crippen LogP contribution in [0.2, 0.25) is 0 Å². The molecule has 4 heteroatoms. The van der Waals surface area contributed by atoms with Gasteiger partial charge in [-0.2, -0.15) is 0 Å². The molecule has 0 spiro atoms. The van der Waals surface area contributed by atoms with Crippen LogP contribution in [-0.2, 0) is 6.54 Å². The predicted octanol–water partition coefficient (Wildman–Crippen LogP) is 2.42. The average molecular weight is 213 g/mol. The molecule has 1 heterocycles. The number of hydrogen-bond acceptors (Lipinski definition) is 4. The Hall–Kier alpha value is -0.580. The monoisotopic (exact) mass is 213 g/mol. The lowest BCUT2D eigenvalue weighted by Crippen LogP contribution is -2.11. The Morgan fingerprint density at radius 1 is 1.36 bits per heavy atom. The Kier molecular flexibility index (Phi) is 6.53. The van der Waals surface area contributed by atoms with Gasteiger partial charge in [0.2, 0.25) is 0 Å². The van der Waals surface area contributed by atoms with Gasteiger partial charge in [0.1, 0.15) is 0 Å². The van der Waals surface area contributed by atoms with Crippen LogP contribution >= 0.6 is 11.8 Å². The van der Waals surface area contributed by atoms with Gasteiger partial charge in [0, 0.05) is 6.54 Å². The van der Waals surface area contributed by atoms with Gasteiger partial charge < -0.3 is 11.1 Å². The highest BCUT2D eigenvalue weighted by molar-refractivity contribution is 7.99. The van der Waals surface area contributed by atoms with Gasteiger partial charge >= 0.3 is 0 Å². The molecule has 0 saturated carbocycles. The summed E-state index contributed by atoms with van der Waals surface area (Å²) >= 11 is 1.79. The van der Waals surface area contributed by atoms with E-state index < -0.39 is 0 Å². The molecule has 0 saturated heterocycles. The van der Waals surface area contributed by atoms with Gasteiger partial charge in [-0.05, 0) is 32.0 Å². The highest BCUT2D eigenvalue weighted by Gasteiger charge is 1.98. The van der Waals surface area contributed by atoms with Gasteiger partial charge in [-0.15, -0.1) is 11.8 Å². The van der Waals surface area contributed by atoms with Crippen molar-refractivity contribution in [1.82, 2.24) is 16.0 Å². The Labute approximate surface area is 90.5 Å². The van der Waals surface area contributed by atoms with Crippen molar-refractivity contribution in [2.75, 3.05) is 19.8 Å². The minimum atomic E-state index is 0. The van der Waals surface area contributed by atoms with Crippen LogP contribution in [0.25, 0.3) is 0 Å². The van der Waals surface area contributed by atoms with Crippen LogP contribution in [0.15, 0.2) is 23.2 Å². The standard InChI is InChI=1S/C10H16N2S.H3N/c1-4-13-10-7-5-6-9(11-10)8-12(2)3;/h5-7H,4,8H2,1-3H3;1H3. The predicted molar refractivity (Wildman–Crippen MR) is 63.0 cm³/mol. The van der Waals surface area contributed by atoms with E-state index >= 15 is 0 Å². The van der Waals surface area contributed by atoms with Gasteiger partial charge in [-0.25, -0.2) is 4.98 Å². The second-order valence-corrected chi connectivity index (χ2v) is 4.42. The van der Waals surface area contributed by atoms with E-state index in [4.69, 9.17) is 0 Å². The minimum Gasteiger partial charge on any atom is -0.344 e. The molecule has 0 fully saturated rings. The van der Waals surface area contributed by atoms with Crippen LogP contribution in [0, 0.1) is 0 Å². The second-order valence-electron chi connectivity index (χ2n) is 3.14. The maximum atomic E-state index is 4.52. The van der Waals surface area contributed by atoms with Gasteiger partial charge in [-0.3, -0.25) is 0 Å². The van der Waals surface area contributed by atoms with E-state index in [0.717, 1.165) is 23.0 Å². The maximum Gasteiger partial charge on any atom is 0.0963 e. The summed E-state index contributed by atoms with van der Waals surface area (Å²) in [5.74, 6) is 1.08. The molecule has 1 aromatic heterocycles. The summed E-state index contributed by atoms with van der Waals surface area (Å²) < 4.78 is 0. The molecule has 0 amide bonds. The highest BCUT2D eigenvalue weighted by Crippen LogP contribution is 2.14. The fraction of sp³-hybridized carbons (Fsp3) is 0.500. The van der Waals surface area contributed by atoms with Gasteiger partial charge in [-0.1, -0.05) is 13.0 Å². The highest BCUT2D eigenvalue weighted by atomic mass is 32.2. The molecule has 0 aliphatic heterocycles. The molecule has 0 aliphatic carbocycles. The van der Waals surface area contributed by atoms with Gasteiger partial charge in [0.15, 0.2) is 0 Å². The normalized spacial score (nSPS) is 10.0. The van der Waals surface area contributed by atoms with Gasteiger partial charge in [0.25, 0.3) is 0 Å². The fourth-order valence-electron chi connectivity index (χ4n) is 1.10. The Morgan fingerprint density at radius 2 is 2.07 bits per heavy atom. The van der Waals surface area contributed by atoms with E-state index in [0.29, 0.717) is 0 Å². The van der Waals surface area contributed by atoms with Crippen molar-refractivity contribution in [3.05, 3.63) is 23.9 Å². The topological polar surface area (TPSA) is 51.1 Å². The van der Waals surface area contributed by atoms with Crippen LogP contribution in [0.1, 0.15) is 12.6 Å². The molecular weight excluding hydrogens is 194 g/mol. The SMILES string of the molecule is CCSc1cccc(CN(C)C)n1.N. The fourth-order valence-corrected chi connectivity index (χ4v) is 1.75. The van der Waals surface area contributed by atoms with Crippen LogP contribution < -0.4 is 6.15 Å². The van der Waals surface area contributed by atoms with Gasteiger partial charge in [0.05, 0.1) is 10.7 Å². The average Bonchev–Trinajstić information content (AvgIpc) is 2.04. The van der Waals surface area contributed by atoms with E-state index in [2.05, 4.69) is 49.1 Å². The molecular formula is C10H19N3S. The van der Waals surface area contributed by atoms with Crippen molar-refractivity contribution in [2.45, 2.75) is 18.5 Å². The molecule has 80 valence electrons. The second kappa shape index (κ2) is 6.81. The minimum absolute atomic E-state index is 0. The van der Waals surface area contributed by atoms with Crippen molar-refractivity contribution in [3.63, 3.8) is 0 Å². The third-order valence-corrected chi connectivity index (χ3v) is 2.36. The summed E-state index contributed by atoms with van der Waals surface area (Å²) in [6.07, 6.45) is 0. The maximum absolute atomic E-state index is 4.52. The number of rotatable bonds is 4. The summed E-state index contributed by atoms with van der Waals surface area (Å²) in [6, 6.07) is 6.21. The first kappa shape index (κ1) is 13.4. The molecule has 0 unspecified atom stereocenters. The molecule has 3 N–H and O–H groups in total. The molecule has 14 heavy (non-hydrogen) atoms. The van der Waals surface area contributed by atoms with E-state index in [-0.39, 0.29) is 6.15 Å². The molecule has 0 radical (unpaired) electrons. The Balaban J connectivity index is 0.00000169. The molecule has 0 aromatic carbocycles. The Bertz CT molecular complexity index is 263. The first-order valence-corrected chi connectivity index (χ1v) is 5.44. The summed E-state index contributed by atoms with van der Waals surface area (Å²) in [5, 5.41) is 1.13. The van der Waals surface area contributed by atoms with Crippen molar-refractivity contribution < 1.29 is 0 Å². The zero-order valence-corrected chi connectivity index (χ0v) is 9.97.